The van der Waals surface area contributed by atoms with Gasteiger partial charge in [-0.1, -0.05) is 57.2 Å². The number of fused-ring (bicyclic) bond motifs is 1. The van der Waals surface area contributed by atoms with Crippen molar-refractivity contribution in [3.05, 3.63) is 66.5 Å². The molecule has 0 aliphatic heterocycles. The van der Waals surface area contributed by atoms with Crippen LogP contribution in [0, 0.1) is 0 Å². The monoisotopic (exact) mass is 261 g/mol. The van der Waals surface area contributed by atoms with Gasteiger partial charge in [0.1, 0.15) is 0 Å². The molecule has 1 aromatic heterocycles. The summed E-state index contributed by atoms with van der Waals surface area (Å²) in [5.74, 6) is 0. The number of hydrogen-bond acceptors (Lipinski definition) is 1. The number of hydrogen-bond donors (Lipinski definition) is 0. The lowest BCUT2D eigenvalue weighted by molar-refractivity contribution is 0.591. The van der Waals surface area contributed by atoms with Crippen LogP contribution in [0.4, 0.5) is 0 Å². The van der Waals surface area contributed by atoms with Crippen molar-refractivity contribution in [2.45, 2.75) is 26.2 Å². The molecule has 0 aromatic carbocycles. The second-order valence-electron chi connectivity index (χ2n) is 6.22. The number of nitrogens with zero attached hydrogens (tertiary/aromatic N) is 1. The molecule has 0 unspecified atom stereocenters. The molecule has 0 saturated heterocycles. The third-order valence-electron chi connectivity index (χ3n) is 3.76. The maximum absolute atomic E-state index is 4.09. The summed E-state index contributed by atoms with van der Waals surface area (Å²) < 4.78 is 0. The number of rotatable bonds is 1. The van der Waals surface area contributed by atoms with E-state index in [9.17, 15) is 0 Å². The highest BCUT2D eigenvalue weighted by Crippen LogP contribution is 2.35. The predicted molar refractivity (Wildman–Crippen MR) is 85.0 cm³/mol. The summed E-state index contributed by atoms with van der Waals surface area (Å²) >= 11 is 0. The lowest BCUT2D eigenvalue weighted by atomic mass is 9.88. The summed E-state index contributed by atoms with van der Waals surface area (Å²) in [6.45, 7) is 6.74. The molecular formula is C19H19N. The standard InChI is InChI=1S/C19H19N/c1-19(2,3)16-6-4-14-5-8-17(18(14)9-7-16)15-10-12-20-13-11-15/h4-13H,1-3H3. The van der Waals surface area contributed by atoms with Crippen LogP contribution in [0.1, 0.15) is 26.3 Å². The van der Waals surface area contributed by atoms with E-state index >= 15 is 0 Å². The molecule has 0 bridgehead atoms. The Hall–Kier alpha value is -2.15. The maximum atomic E-state index is 4.09. The fourth-order valence-electron chi connectivity index (χ4n) is 2.53. The highest BCUT2D eigenvalue weighted by molar-refractivity contribution is 5.86. The van der Waals surface area contributed by atoms with E-state index in [2.05, 4.69) is 74.3 Å². The second kappa shape index (κ2) is 4.75. The van der Waals surface area contributed by atoms with Gasteiger partial charge in [0.2, 0.25) is 0 Å². The molecular weight excluding hydrogens is 242 g/mol. The van der Waals surface area contributed by atoms with Crippen LogP contribution in [-0.4, -0.2) is 4.98 Å². The minimum Gasteiger partial charge on any atom is -0.265 e. The Labute approximate surface area is 120 Å². The largest absolute Gasteiger partial charge is 0.265 e. The van der Waals surface area contributed by atoms with Crippen LogP contribution < -0.4 is 0 Å². The molecule has 3 rings (SSSR count). The smallest absolute Gasteiger partial charge is 0.0273 e. The topological polar surface area (TPSA) is 12.9 Å². The van der Waals surface area contributed by atoms with Crippen LogP contribution in [0.5, 0.6) is 0 Å². The SMILES string of the molecule is CC(C)(C)c1ccc2ccc(-c3ccncc3)c-2cc1. The Kier molecular flexibility index (Phi) is 3.06. The van der Waals surface area contributed by atoms with Gasteiger partial charge in [-0.15, -0.1) is 0 Å². The van der Waals surface area contributed by atoms with E-state index in [0.29, 0.717) is 0 Å². The molecule has 0 N–H and O–H groups in total. The van der Waals surface area contributed by atoms with Crippen molar-refractivity contribution in [3.63, 3.8) is 0 Å². The lowest BCUT2D eigenvalue weighted by Crippen LogP contribution is -2.09. The molecule has 1 nitrogen and oxygen atoms in total. The molecule has 1 heterocycles. The van der Waals surface area contributed by atoms with Crippen molar-refractivity contribution in [2.75, 3.05) is 0 Å². The van der Waals surface area contributed by atoms with Gasteiger partial charge in [0, 0.05) is 12.4 Å². The van der Waals surface area contributed by atoms with Gasteiger partial charge < -0.3 is 0 Å². The average Bonchev–Trinajstić information content (AvgIpc) is 2.69. The Balaban J connectivity index is 2.15. The highest BCUT2D eigenvalue weighted by Gasteiger charge is 2.15. The fourth-order valence-corrected chi connectivity index (χ4v) is 2.53. The predicted octanol–water partition coefficient (Wildman–Crippen LogP) is 5.15. The summed E-state index contributed by atoms with van der Waals surface area (Å²) in [4.78, 5) is 4.09. The van der Waals surface area contributed by atoms with Gasteiger partial charge in [-0.05, 0) is 45.4 Å². The van der Waals surface area contributed by atoms with Crippen molar-refractivity contribution >= 4 is 0 Å². The zero-order valence-electron chi connectivity index (χ0n) is 12.2. The fraction of sp³-hybridized carbons (Fsp3) is 0.211. The summed E-state index contributed by atoms with van der Waals surface area (Å²) in [6, 6.07) is 17.4. The number of aromatic nitrogens is 1. The van der Waals surface area contributed by atoms with Gasteiger partial charge >= 0.3 is 0 Å². The summed E-state index contributed by atoms with van der Waals surface area (Å²) in [5, 5.41) is 0. The normalized spacial score (nSPS) is 11.8. The van der Waals surface area contributed by atoms with E-state index in [0.717, 1.165) is 0 Å². The first-order valence-corrected chi connectivity index (χ1v) is 6.99. The van der Waals surface area contributed by atoms with Gasteiger partial charge in [-0.2, -0.15) is 0 Å². The first-order chi connectivity index (χ1) is 9.55. The molecule has 1 heteroatoms. The molecule has 0 saturated carbocycles. The van der Waals surface area contributed by atoms with Crippen LogP contribution in [-0.2, 0) is 5.41 Å². The van der Waals surface area contributed by atoms with Gasteiger partial charge in [-0.25, -0.2) is 0 Å². The second-order valence-corrected chi connectivity index (χ2v) is 6.22. The van der Waals surface area contributed by atoms with Crippen molar-refractivity contribution in [1.29, 1.82) is 0 Å². The molecule has 0 spiro atoms. The van der Waals surface area contributed by atoms with Crippen molar-refractivity contribution in [2.24, 2.45) is 0 Å². The van der Waals surface area contributed by atoms with Gasteiger partial charge in [-0.3, -0.25) is 4.98 Å². The summed E-state index contributed by atoms with van der Waals surface area (Å²) in [7, 11) is 0. The van der Waals surface area contributed by atoms with Crippen molar-refractivity contribution in [1.82, 2.24) is 4.98 Å². The van der Waals surface area contributed by atoms with Crippen LogP contribution in [0.2, 0.25) is 0 Å². The summed E-state index contributed by atoms with van der Waals surface area (Å²) in [6.07, 6.45) is 3.69. The Morgan fingerprint density at radius 2 is 1.15 bits per heavy atom. The molecule has 100 valence electrons. The van der Waals surface area contributed by atoms with Crippen LogP contribution in [0.3, 0.4) is 0 Å². The molecule has 0 amide bonds. The molecule has 0 radical (unpaired) electrons. The third kappa shape index (κ3) is 2.32. The van der Waals surface area contributed by atoms with Crippen molar-refractivity contribution in [3.8, 4) is 22.3 Å². The molecule has 2 aliphatic carbocycles. The Bertz CT molecular complexity index is 693. The van der Waals surface area contributed by atoms with Gasteiger partial charge in [0.25, 0.3) is 0 Å². The van der Waals surface area contributed by atoms with E-state index in [1.54, 1.807) is 0 Å². The minimum absolute atomic E-state index is 0.174. The highest BCUT2D eigenvalue weighted by atomic mass is 14.6. The quantitative estimate of drug-likeness (QED) is 0.590. The minimum atomic E-state index is 0.174. The Morgan fingerprint density at radius 3 is 1.80 bits per heavy atom. The zero-order chi connectivity index (χ0) is 14.2. The van der Waals surface area contributed by atoms with Crippen molar-refractivity contribution < 1.29 is 0 Å². The van der Waals surface area contributed by atoms with E-state index in [4.69, 9.17) is 0 Å². The Morgan fingerprint density at radius 1 is 0.650 bits per heavy atom. The molecule has 0 atom stereocenters. The molecule has 2 aliphatic rings. The number of pyridine rings is 1. The first-order valence-electron chi connectivity index (χ1n) is 6.99. The van der Waals surface area contributed by atoms with Crippen LogP contribution in [0.25, 0.3) is 22.3 Å². The lowest BCUT2D eigenvalue weighted by Gasteiger charge is -2.17. The van der Waals surface area contributed by atoms with Gasteiger partial charge in [0.15, 0.2) is 0 Å². The van der Waals surface area contributed by atoms with Crippen LogP contribution >= 0.6 is 0 Å². The molecule has 1 aromatic rings. The molecule has 20 heavy (non-hydrogen) atoms. The maximum Gasteiger partial charge on any atom is 0.0273 e. The van der Waals surface area contributed by atoms with Gasteiger partial charge in [0.05, 0.1) is 0 Å². The van der Waals surface area contributed by atoms with E-state index < -0.39 is 0 Å². The zero-order valence-corrected chi connectivity index (χ0v) is 12.2. The average molecular weight is 261 g/mol. The van der Waals surface area contributed by atoms with E-state index in [1.165, 1.54) is 27.8 Å². The van der Waals surface area contributed by atoms with E-state index in [1.807, 2.05) is 12.4 Å². The van der Waals surface area contributed by atoms with E-state index in [-0.39, 0.29) is 5.41 Å². The van der Waals surface area contributed by atoms with Crippen LogP contribution in [0.15, 0.2) is 60.9 Å². The third-order valence-corrected chi connectivity index (χ3v) is 3.76. The molecule has 0 fully saturated rings. The summed E-state index contributed by atoms with van der Waals surface area (Å²) in [5.41, 5.74) is 6.61. The first kappa shape index (κ1) is 12.9.